The van der Waals surface area contributed by atoms with E-state index in [1.165, 1.54) is 24.3 Å². The SMILES string of the molecule is O=C(/C=C/c1ccc(-c2ccc(Cl)cc2Cl)o1)NC(=S)Nc1ccc(C(=O)O)cc1. The number of carbonyl (C=O) groups excluding carboxylic acids is 1. The van der Waals surface area contributed by atoms with Gasteiger partial charge in [-0.15, -0.1) is 0 Å². The first kappa shape index (κ1) is 21.6. The average Bonchev–Trinajstić information content (AvgIpc) is 3.15. The first-order valence-corrected chi connectivity index (χ1v) is 9.67. The number of carboxylic acid groups (broad SMARTS) is 1. The normalized spacial score (nSPS) is 10.7. The molecule has 0 saturated carbocycles. The van der Waals surface area contributed by atoms with Crippen LogP contribution in [0.15, 0.2) is 65.1 Å². The fourth-order valence-electron chi connectivity index (χ4n) is 2.45. The second-order valence-electron chi connectivity index (χ2n) is 5.99. The van der Waals surface area contributed by atoms with Crippen molar-refractivity contribution in [3.63, 3.8) is 0 Å². The van der Waals surface area contributed by atoms with E-state index in [1.54, 1.807) is 42.5 Å². The molecule has 152 valence electrons. The molecule has 6 nitrogen and oxygen atoms in total. The molecule has 3 rings (SSSR count). The summed E-state index contributed by atoms with van der Waals surface area (Å²) in [5.41, 5.74) is 1.38. The lowest BCUT2D eigenvalue weighted by atomic mass is 10.2. The molecule has 0 atom stereocenters. The Hall–Kier alpha value is -3.13. The maximum atomic E-state index is 12.0. The molecule has 0 aliphatic heterocycles. The van der Waals surface area contributed by atoms with E-state index in [-0.39, 0.29) is 10.7 Å². The molecule has 0 spiro atoms. The minimum absolute atomic E-state index is 0.0702. The summed E-state index contributed by atoms with van der Waals surface area (Å²) in [6.07, 6.45) is 2.76. The molecule has 1 amide bonds. The fourth-order valence-corrected chi connectivity index (χ4v) is 3.17. The van der Waals surface area contributed by atoms with Crippen LogP contribution in [0.5, 0.6) is 0 Å². The van der Waals surface area contributed by atoms with Crippen molar-refractivity contribution in [1.29, 1.82) is 0 Å². The summed E-state index contributed by atoms with van der Waals surface area (Å²) in [4.78, 5) is 22.9. The number of hydrogen-bond donors (Lipinski definition) is 3. The second-order valence-corrected chi connectivity index (χ2v) is 7.24. The summed E-state index contributed by atoms with van der Waals surface area (Å²) >= 11 is 17.1. The van der Waals surface area contributed by atoms with Gasteiger partial charge in [-0.2, -0.15) is 0 Å². The Bertz CT molecular complexity index is 1140. The van der Waals surface area contributed by atoms with Crippen LogP contribution in [0, 0.1) is 0 Å². The number of amides is 1. The van der Waals surface area contributed by atoms with Crippen molar-refractivity contribution in [1.82, 2.24) is 5.32 Å². The first-order chi connectivity index (χ1) is 14.3. The van der Waals surface area contributed by atoms with Crippen LogP contribution in [0.4, 0.5) is 5.69 Å². The van der Waals surface area contributed by atoms with Gasteiger partial charge in [0.25, 0.3) is 0 Å². The Balaban J connectivity index is 1.57. The number of aromatic carboxylic acids is 1. The van der Waals surface area contributed by atoms with Crippen molar-refractivity contribution >= 4 is 64.2 Å². The molecule has 0 saturated heterocycles. The van der Waals surface area contributed by atoms with E-state index in [0.717, 1.165) is 0 Å². The summed E-state index contributed by atoms with van der Waals surface area (Å²) in [5, 5.41) is 15.2. The van der Waals surface area contributed by atoms with Gasteiger partial charge in [-0.3, -0.25) is 10.1 Å². The van der Waals surface area contributed by atoms with Crippen LogP contribution in [0.2, 0.25) is 10.0 Å². The van der Waals surface area contributed by atoms with Crippen molar-refractivity contribution in [2.45, 2.75) is 0 Å². The van der Waals surface area contributed by atoms with Gasteiger partial charge in [0.15, 0.2) is 5.11 Å². The Labute approximate surface area is 187 Å². The molecule has 3 aromatic rings. The van der Waals surface area contributed by atoms with Crippen LogP contribution in [-0.2, 0) is 4.79 Å². The van der Waals surface area contributed by atoms with Gasteiger partial charge >= 0.3 is 5.97 Å². The van der Waals surface area contributed by atoms with E-state index in [1.807, 2.05) is 0 Å². The summed E-state index contributed by atoms with van der Waals surface area (Å²) in [6, 6.07) is 14.5. The van der Waals surface area contributed by atoms with Gasteiger partial charge in [-0.05, 0) is 72.9 Å². The number of carbonyl (C=O) groups is 2. The lowest BCUT2D eigenvalue weighted by Gasteiger charge is -2.08. The predicted molar refractivity (Wildman–Crippen MR) is 121 cm³/mol. The van der Waals surface area contributed by atoms with Crippen molar-refractivity contribution in [3.05, 3.63) is 82.0 Å². The molecule has 0 unspecified atom stereocenters. The van der Waals surface area contributed by atoms with E-state index < -0.39 is 11.9 Å². The van der Waals surface area contributed by atoms with Crippen LogP contribution in [0.3, 0.4) is 0 Å². The van der Waals surface area contributed by atoms with E-state index in [2.05, 4.69) is 10.6 Å². The standard InChI is InChI=1S/C21H14Cl2N2O4S/c22-13-3-8-16(17(23)11-13)18-9-6-15(29-18)7-10-19(26)25-21(30)24-14-4-1-12(2-5-14)20(27)28/h1-11H,(H,27,28)(H2,24,25,26,30)/b10-7+. The van der Waals surface area contributed by atoms with Crippen molar-refractivity contribution in [3.8, 4) is 11.3 Å². The molecule has 2 aromatic carbocycles. The Kier molecular flexibility index (Phi) is 6.89. The highest BCUT2D eigenvalue weighted by molar-refractivity contribution is 7.80. The summed E-state index contributed by atoms with van der Waals surface area (Å²) < 4.78 is 5.68. The number of nitrogens with one attached hydrogen (secondary N) is 2. The molecule has 1 aromatic heterocycles. The van der Waals surface area contributed by atoms with Gasteiger partial charge in [0, 0.05) is 22.3 Å². The molecule has 0 radical (unpaired) electrons. The number of hydrogen-bond acceptors (Lipinski definition) is 4. The lowest BCUT2D eigenvalue weighted by Crippen LogP contribution is -2.32. The Morgan fingerprint density at radius 3 is 2.43 bits per heavy atom. The molecule has 9 heteroatoms. The maximum Gasteiger partial charge on any atom is 0.335 e. The first-order valence-electron chi connectivity index (χ1n) is 8.50. The van der Waals surface area contributed by atoms with Gasteiger partial charge in [-0.25, -0.2) is 4.79 Å². The smallest absolute Gasteiger partial charge is 0.335 e. The summed E-state index contributed by atoms with van der Waals surface area (Å²) in [5.74, 6) is -0.493. The zero-order valence-electron chi connectivity index (χ0n) is 15.2. The highest BCUT2D eigenvalue weighted by atomic mass is 35.5. The lowest BCUT2D eigenvalue weighted by molar-refractivity contribution is -0.115. The second kappa shape index (κ2) is 9.58. The molecule has 30 heavy (non-hydrogen) atoms. The van der Waals surface area contributed by atoms with Crippen LogP contribution in [-0.4, -0.2) is 22.1 Å². The number of furan rings is 1. The van der Waals surface area contributed by atoms with Crippen molar-refractivity contribution < 1.29 is 19.1 Å². The highest BCUT2D eigenvalue weighted by Crippen LogP contribution is 2.31. The number of anilines is 1. The molecule has 0 bridgehead atoms. The van der Waals surface area contributed by atoms with Crippen LogP contribution >= 0.6 is 35.4 Å². The van der Waals surface area contributed by atoms with Gasteiger partial charge in [0.2, 0.25) is 5.91 Å². The fraction of sp³-hybridized carbons (Fsp3) is 0. The number of halogens is 2. The molecular weight excluding hydrogens is 447 g/mol. The Morgan fingerprint density at radius 2 is 1.77 bits per heavy atom. The van der Waals surface area contributed by atoms with E-state index in [4.69, 9.17) is 44.9 Å². The van der Waals surface area contributed by atoms with Gasteiger partial charge < -0.3 is 14.8 Å². The van der Waals surface area contributed by atoms with E-state index in [9.17, 15) is 9.59 Å². The number of rotatable bonds is 5. The van der Waals surface area contributed by atoms with Crippen LogP contribution in [0.1, 0.15) is 16.1 Å². The third-order valence-corrected chi connectivity index (χ3v) is 4.60. The largest absolute Gasteiger partial charge is 0.478 e. The quantitative estimate of drug-likeness (QED) is 0.345. The molecular formula is C21H14Cl2N2O4S. The zero-order chi connectivity index (χ0) is 21.7. The minimum atomic E-state index is -1.03. The minimum Gasteiger partial charge on any atom is -0.478 e. The zero-order valence-corrected chi connectivity index (χ0v) is 17.5. The van der Waals surface area contributed by atoms with Crippen molar-refractivity contribution in [2.75, 3.05) is 5.32 Å². The summed E-state index contributed by atoms with van der Waals surface area (Å²) in [7, 11) is 0. The molecule has 0 aliphatic carbocycles. The number of thiocarbonyl (C=S) groups is 1. The van der Waals surface area contributed by atoms with Gasteiger partial charge in [0.05, 0.1) is 10.6 Å². The third-order valence-electron chi connectivity index (χ3n) is 3.85. The number of benzene rings is 2. The van der Waals surface area contributed by atoms with Crippen molar-refractivity contribution in [2.24, 2.45) is 0 Å². The van der Waals surface area contributed by atoms with E-state index in [0.29, 0.717) is 32.8 Å². The third kappa shape index (κ3) is 5.70. The Morgan fingerprint density at radius 1 is 1.03 bits per heavy atom. The average molecular weight is 461 g/mol. The van der Waals surface area contributed by atoms with Crippen LogP contribution in [0.25, 0.3) is 17.4 Å². The molecule has 0 fully saturated rings. The van der Waals surface area contributed by atoms with E-state index >= 15 is 0 Å². The predicted octanol–water partition coefficient (Wildman–Crippen LogP) is 5.48. The molecule has 0 aliphatic rings. The maximum absolute atomic E-state index is 12.0. The molecule has 1 heterocycles. The topological polar surface area (TPSA) is 91.6 Å². The highest BCUT2D eigenvalue weighted by Gasteiger charge is 2.09. The number of carboxylic acids is 1. The van der Waals surface area contributed by atoms with Gasteiger partial charge in [0.1, 0.15) is 11.5 Å². The molecule has 3 N–H and O–H groups in total. The van der Waals surface area contributed by atoms with Crippen LogP contribution < -0.4 is 10.6 Å². The summed E-state index contributed by atoms with van der Waals surface area (Å²) in [6.45, 7) is 0. The van der Waals surface area contributed by atoms with Gasteiger partial charge in [-0.1, -0.05) is 23.2 Å². The monoisotopic (exact) mass is 460 g/mol.